The van der Waals surface area contributed by atoms with Crippen molar-refractivity contribution < 1.29 is 0 Å². The SMILES string of the molecule is CC1(C)c2cc(N(c3ccc(C4(c5ccccc5)c5ccccc5-c5ccccc54)cc3)c3cccc(-c4ccccc4-c4ccccc4)c3)ccc2-c2ccc3c(sc4c(-c5ccccc5)cccc43)c21. The molecule has 2 heteroatoms. The average Bonchev–Trinajstić information content (AvgIpc) is 4.05. The van der Waals surface area contributed by atoms with Gasteiger partial charge in [0, 0.05) is 42.6 Å². The summed E-state index contributed by atoms with van der Waals surface area (Å²) in [5, 5.41) is 2.66. The Kier molecular flexibility index (Phi) is 9.71. The number of fused-ring (bicyclic) bond motifs is 10. The van der Waals surface area contributed by atoms with E-state index in [2.05, 4.69) is 280 Å². The van der Waals surface area contributed by atoms with Crippen LogP contribution in [0.2, 0.25) is 0 Å². The highest BCUT2D eigenvalue weighted by molar-refractivity contribution is 7.26. The van der Waals surface area contributed by atoms with Crippen LogP contribution in [0, 0.1) is 0 Å². The molecule has 1 nitrogen and oxygen atoms in total. The quantitative estimate of drug-likeness (QED) is 0.147. The van der Waals surface area contributed by atoms with Gasteiger partial charge in [0.15, 0.2) is 0 Å². The Morgan fingerprint density at radius 3 is 1.46 bits per heavy atom. The standard InChI is InChI=1S/C70H49NS/c1-69(2)65-45-53(40-41-59(65)60-42-43-62-61-33-19-32-56(47-22-8-4-9-23-47)67(61)72-68(62)66(60)69)71(52-27-18-24-48(44-52)55-29-13-12-28-54(55)46-20-6-3-7-21-46)51-38-36-50(37-39-51)70(49-25-10-5-11-26-49)63-34-16-14-30-57(63)58-31-15-17-35-64(58)70/h3-45H,1-2H3. The Labute approximate surface area is 425 Å². The van der Waals surface area contributed by atoms with Crippen LogP contribution < -0.4 is 4.90 Å². The van der Waals surface area contributed by atoms with Crippen LogP contribution in [0.3, 0.4) is 0 Å². The zero-order valence-electron chi connectivity index (χ0n) is 40.2. The maximum absolute atomic E-state index is 2.48. The van der Waals surface area contributed by atoms with E-state index < -0.39 is 5.41 Å². The van der Waals surface area contributed by atoms with E-state index in [1.165, 1.54) is 109 Å². The first-order valence-electron chi connectivity index (χ1n) is 25.1. The summed E-state index contributed by atoms with van der Waals surface area (Å²) >= 11 is 1.96. The van der Waals surface area contributed by atoms with Crippen molar-refractivity contribution in [2.75, 3.05) is 4.90 Å². The molecule has 1 heterocycles. The predicted molar refractivity (Wildman–Crippen MR) is 305 cm³/mol. The second-order valence-corrected chi connectivity index (χ2v) is 20.9. The Hall–Kier alpha value is -8.56. The van der Waals surface area contributed by atoms with Gasteiger partial charge in [0.05, 0.1) is 5.41 Å². The van der Waals surface area contributed by atoms with Crippen molar-refractivity contribution in [3.63, 3.8) is 0 Å². The molecule has 0 amide bonds. The molecular weight excluding hydrogens is 887 g/mol. The van der Waals surface area contributed by atoms with Crippen LogP contribution in [-0.2, 0) is 10.8 Å². The molecule has 2 aliphatic rings. The lowest BCUT2D eigenvalue weighted by molar-refractivity contribution is 0.667. The minimum atomic E-state index is -0.484. The summed E-state index contributed by atoms with van der Waals surface area (Å²) in [6, 6.07) is 96.9. The molecule has 0 saturated carbocycles. The fourth-order valence-electron chi connectivity index (χ4n) is 12.5. The minimum Gasteiger partial charge on any atom is -0.310 e. The van der Waals surface area contributed by atoms with Gasteiger partial charge in [0.25, 0.3) is 0 Å². The van der Waals surface area contributed by atoms with Crippen LogP contribution in [0.4, 0.5) is 17.1 Å². The number of hydrogen-bond donors (Lipinski definition) is 0. The molecule has 0 atom stereocenters. The highest BCUT2D eigenvalue weighted by Crippen LogP contribution is 2.58. The molecule has 2 aliphatic carbocycles. The zero-order valence-corrected chi connectivity index (χ0v) is 41.0. The third kappa shape index (κ3) is 6.32. The maximum atomic E-state index is 2.48. The van der Waals surface area contributed by atoms with Gasteiger partial charge < -0.3 is 4.90 Å². The molecule has 0 unspecified atom stereocenters. The number of nitrogens with zero attached hydrogens (tertiary/aromatic N) is 1. The number of thiophene rings is 1. The number of hydrogen-bond acceptors (Lipinski definition) is 2. The summed E-state index contributed by atoms with van der Waals surface area (Å²) < 4.78 is 2.73. The summed E-state index contributed by atoms with van der Waals surface area (Å²) in [4.78, 5) is 2.48. The van der Waals surface area contributed by atoms with Crippen LogP contribution in [0.25, 0.3) is 75.8 Å². The first kappa shape index (κ1) is 42.3. The van der Waals surface area contributed by atoms with Crippen LogP contribution in [0.1, 0.15) is 47.2 Å². The summed E-state index contributed by atoms with van der Waals surface area (Å²) in [5.41, 5.74) is 23.1. The molecule has 0 N–H and O–H groups in total. The van der Waals surface area contributed by atoms with Crippen molar-refractivity contribution in [3.05, 3.63) is 294 Å². The molecule has 14 rings (SSSR count). The smallest absolute Gasteiger partial charge is 0.0713 e. The Balaban J connectivity index is 0.944. The van der Waals surface area contributed by atoms with E-state index in [9.17, 15) is 0 Å². The molecule has 72 heavy (non-hydrogen) atoms. The van der Waals surface area contributed by atoms with Crippen LogP contribution in [0.15, 0.2) is 261 Å². The molecule has 340 valence electrons. The number of benzene rings is 11. The van der Waals surface area contributed by atoms with E-state index in [4.69, 9.17) is 0 Å². The molecule has 11 aromatic carbocycles. The van der Waals surface area contributed by atoms with Crippen LogP contribution in [0.5, 0.6) is 0 Å². The first-order valence-corrected chi connectivity index (χ1v) is 25.9. The Bertz CT molecular complexity index is 4010. The first-order chi connectivity index (χ1) is 35.5. The second kappa shape index (κ2) is 16.5. The van der Waals surface area contributed by atoms with E-state index in [1.807, 2.05) is 11.3 Å². The van der Waals surface area contributed by atoms with E-state index in [0.29, 0.717) is 0 Å². The topological polar surface area (TPSA) is 3.24 Å². The fourth-order valence-corrected chi connectivity index (χ4v) is 14.1. The summed E-state index contributed by atoms with van der Waals surface area (Å²) in [6.07, 6.45) is 0. The van der Waals surface area contributed by atoms with Gasteiger partial charge in [-0.3, -0.25) is 0 Å². The maximum Gasteiger partial charge on any atom is 0.0713 e. The molecule has 0 bridgehead atoms. The van der Waals surface area contributed by atoms with Crippen LogP contribution >= 0.6 is 11.3 Å². The molecule has 0 radical (unpaired) electrons. The number of rotatable bonds is 8. The second-order valence-electron chi connectivity index (χ2n) is 19.9. The van der Waals surface area contributed by atoms with Crippen LogP contribution in [-0.4, -0.2) is 0 Å². The minimum absolute atomic E-state index is 0.259. The molecule has 0 spiro atoms. The lowest BCUT2D eigenvalue weighted by atomic mass is 9.68. The van der Waals surface area contributed by atoms with Crippen molar-refractivity contribution in [3.8, 4) is 55.6 Å². The monoisotopic (exact) mass is 935 g/mol. The largest absolute Gasteiger partial charge is 0.310 e. The Morgan fingerprint density at radius 1 is 0.306 bits per heavy atom. The predicted octanol–water partition coefficient (Wildman–Crippen LogP) is 19.2. The number of anilines is 3. The lowest BCUT2D eigenvalue weighted by Crippen LogP contribution is -2.28. The summed E-state index contributed by atoms with van der Waals surface area (Å²) in [7, 11) is 0. The van der Waals surface area contributed by atoms with Crippen molar-refractivity contribution in [1.82, 2.24) is 0 Å². The normalized spacial score (nSPS) is 13.6. The van der Waals surface area contributed by atoms with Gasteiger partial charge in [-0.2, -0.15) is 0 Å². The molecule has 0 fully saturated rings. The summed E-state index contributed by atoms with van der Waals surface area (Å²) in [6.45, 7) is 4.87. The average molecular weight is 936 g/mol. The van der Waals surface area contributed by atoms with E-state index in [0.717, 1.165) is 17.1 Å². The summed E-state index contributed by atoms with van der Waals surface area (Å²) in [5.74, 6) is 0. The van der Waals surface area contributed by atoms with Gasteiger partial charge in [0.2, 0.25) is 0 Å². The molecular formula is C70H49NS. The van der Waals surface area contributed by atoms with Crippen molar-refractivity contribution >= 4 is 48.6 Å². The highest BCUT2D eigenvalue weighted by atomic mass is 32.1. The van der Waals surface area contributed by atoms with Gasteiger partial charge in [-0.1, -0.05) is 238 Å². The van der Waals surface area contributed by atoms with E-state index >= 15 is 0 Å². The fraction of sp³-hybridized carbons (Fsp3) is 0.0571. The van der Waals surface area contributed by atoms with Crippen molar-refractivity contribution in [2.45, 2.75) is 24.7 Å². The Morgan fingerprint density at radius 2 is 0.778 bits per heavy atom. The third-order valence-corrected chi connectivity index (χ3v) is 17.0. The van der Waals surface area contributed by atoms with Gasteiger partial charge in [-0.25, -0.2) is 0 Å². The van der Waals surface area contributed by atoms with Gasteiger partial charge in [-0.05, 0) is 125 Å². The molecule has 12 aromatic rings. The van der Waals surface area contributed by atoms with Gasteiger partial charge in [0.1, 0.15) is 0 Å². The van der Waals surface area contributed by atoms with Gasteiger partial charge >= 0.3 is 0 Å². The third-order valence-electron chi connectivity index (χ3n) is 15.7. The van der Waals surface area contributed by atoms with E-state index in [1.54, 1.807) is 0 Å². The molecule has 1 aromatic heterocycles. The van der Waals surface area contributed by atoms with Gasteiger partial charge in [-0.15, -0.1) is 11.3 Å². The van der Waals surface area contributed by atoms with Crippen molar-refractivity contribution in [1.29, 1.82) is 0 Å². The highest BCUT2D eigenvalue weighted by Gasteiger charge is 2.46. The zero-order chi connectivity index (χ0) is 48.0. The lowest BCUT2D eigenvalue weighted by Gasteiger charge is -2.34. The molecule has 0 saturated heterocycles. The van der Waals surface area contributed by atoms with Crippen molar-refractivity contribution in [2.24, 2.45) is 0 Å². The molecule has 0 aliphatic heterocycles. The van der Waals surface area contributed by atoms with E-state index in [-0.39, 0.29) is 5.41 Å².